The van der Waals surface area contributed by atoms with E-state index in [1.165, 1.54) is 17.6 Å². The number of hydrazone groups is 1. The number of benzene rings is 1. The van der Waals surface area contributed by atoms with E-state index < -0.39 is 18.5 Å². The molecular formula is C17H13N4O4S-. The minimum Gasteiger partial charge on any atom is -0.546 e. The van der Waals surface area contributed by atoms with Crippen LogP contribution in [0.1, 0.15) is 16.1 Å². The topological polar surface area (TPSA) is 119 Å². The number of amides is 1. The predicted octanol–water partition coefficient (Wildman–Crippen LogP) is 1.03. The van der Waals surface area contributed by atoms with Gasteiger partial charge >= 0.3 is 0 Å². The molecule has 0 unspecified atom stereocenters. The fraction of sp³-hybridized carbons (Fsp3) is 0.0588. The Balaban J connectivity index is 1.64. The molecule has 3 rings (SSSR count). The van der Waals surface area contributed by atoms with Crippen LogP contribution in [0.25, 0.3) is 10.6 Å². The Morgan fingerprint density at radius 3 is 2.92 bits per heavy atom. The summed E-state index contributed by atoms with van der Waals surface area (Å²) >= 11 is 1.53. The number of aromatic amines is 1. The van der Waals surface area contributed by atoms with E-state index >= 15 is 0 Å². The number of ether oxygens (including phenoxy) is 1. The van der Waals surface area contributed by atoms with Crippen LogP contribution >= 0.6 is 11.3 Å². The smallest absolute Gasteiger partial charge is 0.291 e. The molecule has 0 saturated heterocycles. The molecule has 9 heteroatoms. The van der Waals surface area contributed by atoms with Gasteiger partial charge in [-0.3, -0.25) is 9.89 Å². The van der Waals surface area contributed by atoms with Gasteiger partial charge in [0.15, 0.2) is 5.69 Å². The maximum Gasteiger partial charge on any atom is 0.291 e. The highest BCUT2D eigenvalue weighted by atomic mass is 32.1. The van der Waals surface area contributed by atoms with E-state index in [1.807, 2.05) is 17.5 Å². The number of para-hydroxylation sites is 1. The first-order chi connectivity index (χ1) is 12.6. The lowest BCUT2D eigenvalue weighted by atomic mass is 10.2. The van der Waals surface area contributed by atoms with E-state index in [0.29, 0.717) is 11.3 Å². The molecule has 3 aromatic rings. The lowest BCUT2D eigenvalue weighted by Crippen LogP contribution is -2.29. The largest absolute Gasteiger partial charge is 0.546 e. The van der Waals surface area contributed by atoms with Crippen LogP contribution in [-0.2, 0) is 4.79 Å². The van der Waals surface area contributed by atoms with Gasteiger partial charge in [-0.2, -0.15) is 10.2 Å². The van der Waals surface area contributed by atoms with Crippen molar-refractivity contribution in [3.05, 3.63) is 59.1 Å². The lowest BCUT2D eigenvalue weighted by molar-refractivity contribution is -0.307. The Morgan fingerprint density at radius 2 is 2.15 bits per heavy atom. The molecule has 26 heavy (non-hydrogen) atoms. The van der Waals surface area contributed by atoms with Crippen molar-refractivity contribution in [1.82, 2.24) is 15.6 Å². The van der Waals surface area contributed by atoms with Crippen LogP contribution in [0.4, 0.5) is 0 Å². The van der Waals surface area contributed by atoms with Crippen molar-refractivity contribution >= 4 is 29.4 Å². The number of thiophene rings is 1. The Bertz CT molecular complexity index is 934. The van der Waals surface area contributed by atoms with E-state index in [2.05, 4.69) is 20.7 Å². The van der Waals surface area contributed by atoms with E-state index in [0.717, 1.165) is 10.6 Å². The van der Waals surface area contributed by atoms with E-state index in [-0.39, 0.29) is 5.69 Å². The van der Waals surface area contributed by atoms with E-state index in [1.54, 1.807) is 30.3 Å². The second-order valence-electron chi connectivity index (χ2n) is 5.04. The first-order valence-electron chi connectivity index (χ1n) is 7.48. The SMILES string of the molecule is O=C([O-])COc1ccccc1/C=N/NC(=O)c1cc(-c2cccs2)[nH]n1. The van der Waals surface area contributed by atoms with Gasteiger partial charge in [-0.05, 0) is 29.6 Å². The summed E-state index contributed by atoms with van der Waals surface area (Å²) in [6.07, 6.45) is 1.36. The number of carbonyl (C=O) groups excluding carboxylic acids is 2. The summed E-state index contributed by atoms with van der Waals surface area (Å²) in [5.74, 6) is -1.49. The molecule has 0 fully saturated rings. The number of carboxylic acids is 1. The normalized spacial score (nSPS) is 10.8. The summed E-state index contributed by atoms with van der Waals surface area (Å²) in [5, 5.41) is 23.0. The van der Waals surface area contributed by atoms with Gasteiger partial charge in [0.1, 0.15) is 12.4 Å². The van der Waals surface area contributed by atoms with Crippen LogP contribution in [0.5, 0.6) is 5.75 Å². The third-order valence-electron chi connectivity index (χ3n) is 3.23. The fourth-order valence-electron chi connectivity index (χ4n) is 2.07. The molecule has 2 aromatic heterocycles. The molecule has 132 valence electrons. The van der Waals surface area contributed by atoms with Crippen molar-refractivity contribution in [3.8, 4) is 16.3 Å². The Kier molecular flexibility index (Phi) is 5.40. The molecule has 2 heterocycles. The van der Waals surface area contributed by atoms with Gasteiger partial charge in [-0.15, -0.1) is 11.3 Å². The van der Waals surface area contributed by atoms with Crippen LogP contribution in [0.15, 0.2) is 52.9 Å². The average Bonchev–Trinajstić information content (AvgIpc) is 3.32. The van der Waals surface area contributed by atoms with Crippen LogP contribution in [0.3, 0.4) is 0 Å². The summed E-state index contributed by atoms with van der Waals surface area (Å²) in [6, 6.07) is 12.1. The summed E-state index contributed by atoms with van der Waals surface area (Å²) in [5.41, 5.74) is 3.82. The maximum atomic E-state index is 12.1. The number of carbonyl (C=O) groups is 2. The molecule has 0 aliphatic rings. The fourth-order valence-corrected chi connectivity index (χ4v) is 2.76. The van der Waals surface area contributed by atoms with E-state index in [4.69, 9.17) is 4.74 Å². The van der Waals surface area contributed by atoms with Crippen molar-refractivity contribution in [2.75, 3.05) is 6.61 Å². The third-order valence-corrected chi connectivity index (χ3v) is 4.13. The molecule has 0 spiro atoms. The van der Waals surface area contributed by atoms with Gasteiger partial charge < -0.3 is 14.6 Å². The highest BCUT2D eigenvalue weighted by Gasteiger charge is 2.11. The van der Waals surface area contributed by atoms with Crippen molar-refractivity contribution in [1.29, 1.82) is 0 Å². The van der Waals surface area contributed by atoms with Crippen molar-refractivity contribution in [3.63, 3.8) is 0 Å². The predicted molar refractivity (Wildman–Crippen MR) is 93.9 cm³/mol. The first-order valence-corrected chi connectivity index (χ1v) is 8.36. The summed E-state index contributed by atoms with van der Waals surface area (Å²) in [4.78, 5) is 23.6. The quantitative estimate of drug-likeness (QED) is 0.476. The Labute approximate surface area is 152 Å². The number of aromatic nitrogens is 2. The average molecular weight is 369 g/mol. The van der Waals surface area contributed by atoms with Gasteiger partial charge in [0, 0.05) is 5.56 Å². The number of nitrogens with zero attached hydrogens (tertiary/aromatic N) is 2. The molecule has 0 aliphatic carbocycles. The molecule has 1 aromatic carbocycles. The van der Waals surface area contributed by atoms with Crippen molar-refractivity contribution < 1.29 is 19.4 Å². The minimum atomic E-state index is -1.33. The van der Waals surface area contributed by atoms with Crippen molar-refractivity contribution in [2.45, 2.75) is 0 Å². The number of hydrogen-bond acceptors (Lipinski definition) is 7. The van der Waals surface area contributed by atoms with Gasteiger partial charge in [-0.25, -0.2) is 5.43 Å². The maximum absolute atomic E-state index is 12.1. The van der Waals surface area contributed by atoms with E-state index in [9.17, 15) is 14.7 Å². The van der Waals surface area contributed by atoms with Crippen molar-refractivity contribution in [2.24, 2.45) is 5.10 Å². The highest BCUT2D eigenvalue weighted by molar-refractivity contribution is 7.13. The first kappa shape index (κ1) is 17.4. The minimum absolute atomic E-state index is 0.201. The molecule has 1 amide bonds. The summed E-state index contributed by atoms with van der Waals surface area (Å²) in [6.45, 7) is -0.573. The Hall–Kier alpha value is -3.46. The van der Waals surface area contributed by atoms with Gasteiger partial charge in [0.25, 0.3) is 5.91 Å². The zero-order chi connectivity index (χ0) is 18.4. The second-order valence-corrected chi connectivity index (χ2v) is 5.99. The summed E-state index contributed by atoms with van der Waals surface area (Å²) in [7, 11) is 0. The van der Waals surface area contributed by atoms with Crippen LogP contribution in [0, 0.1) is 0 Å². The lowest BCUT2D eigenvalue weighted by Gasteiger charge is -2.08. The second kappa shape index (κ2) is 8.08. The highest BCUT2D eigenvalue weighted by Crippen LogP contribution is 2.22. The number of carboxylic acid groups (broad SMARTS) is 1. The summed E-state index contributed by atoms with van der Waals surface area (Å²) < 4.78 is 5.10. The third kappa shape index (κ3) is 4.33. The molecule has 0 radical (unpaired) electrons. The van der Waals surface area contributed by atoms with Gasteiger partial charge in [0.05, 0.1) is 22.8 Å². The Morgan fingerprint density at radius 1 is 1.31 bits per heavy atom. The number of H-pyrrole nitrogens is 1. The molecule has 0 bridgehead atoms. The zero-order valence-corrected chi connectivity index (χ0v) is 14.2. The molecule has 0 saturated carbocycles. The zero-order valence-electron chi connectivity index (χ0n) is 13.3. The molecule has 8 nitrogen and oxygen atoms in total. The number of nitrogens with one attached hydrogen (secondary N) is 2. The monoisotopic (exact) mass is 369 g/mol. The van der Waals surface area contributed by atoms with Gasteiger partial charge in [0.2, 0.25) is 0 Å². The number of aliphatic carboxylic acids is 1. The molecule has 0 aliphatic heterocycles. The molecule has 0 atom stereocenters. The van der Waals surface area contributed by atoms with Crippen LogP contribution in [0.2, 0.25) is 0 Å². The number of rotatable bonds is 7. The standard InChI is InChI=1S/C17H14N4O4S/c22-16(23)10-25-14-5-2-1-4-11(14)9-18-21-17(24)13-8-12(19-20-13)15-6-3-7-26-15/h1-9H,10H2,(H,19,20)(H,21,24)(H,22,23)/p-1/b18-9+. The van der Waals surface area contributed by atoms with Gasteiger partial charge in [-0.1, -0.05) is 18.2 Å². The van der Waals surface area contributed by atoms with Crippen LogP contribution < -0.4 is 15.3 Å². The molecule has 2 N–H and O–H groups in total. The number of hydrogen-bond donors (Lipinski definition) is 2. The van der Waals surface area contributed by atoms with Crippen LogP contribution in [-0.4, -0.2) is 34.9 Å². The molecular weight excluding hydrogens is 356 g/mol.